The lowest BCUT2D eigenvalue weighted by Gasteiger charge is -2.36. The van der Waals surface area contributed by atoms with E-state index in [0.29, 0.717) is 12.8 Å². The number of carbonyl (C=O) groups is 3. The van der Waals surface area contributed by atoms with Crippen molar-refractivity contribution in [3.63, 3.8) is 0 Å². The average Bonchev–Trinajstić information content (AvgIpc) is 3.39. The van der Waals surface area contributed by atoms with Crippen molar-refractivity contribution in [1.29, 1.82) is 0 Å². The van der Waals surface area contributed by atoms with Crippen molar-refractivity contribution < 1.29 is 24.2 Å². The SMILES string of the molecule is CCC(CC)(NC(=O)C1(C)CCCC1NC(=O)OCC1c2ccccc2-c2ccccc21)C(=O)O. The molecule has 1 saturated carbocycles. The number of hydrogen-bond acceptors (Lipinski definition) is 4. The Bertz CT molecular complexity index is 1080. The Morgan fingerprint density at radius 1 is 1.03 bits per heavy atom. The smallest absolute Gasteiger partial charge is 0.407 e. The topological polar surface area (TPSA) is 105 Å². The van der Waals surface area contributed by atoms with E-state index in [1.54, 1.807) is 20.8 Å². The van der Waals surface area contributed by atoms with Gasteiger partial charge in [-0.05, 0) is 54.9 Å². The van der Waals surface area contributed by atoms with Crippen LogP contribution >= 0.6 is 0 Å². The van der Waals surface area contributed by atoms with Crippen molar-refractivity contribution in [3.05, 3.63) is 59.7 Å². The Morgan fingerprint density at radius 2 is 1.60 bits per heavy atom. The van der Waals surface area contributed by atoms with Crippen molar-refractivity contribution in [2.45, 2.75) is 70.4 Å². The van der Waals surface area contributed by atoms with Gasteiger partial charge in [0.05, 0.1) is 5.41 Å². The summed E-state index contributed by atoms with van der Waals surface area (Å²) in [5, 5.41) is 15.4. The summed E-state index contributed by atoms with van der Waals surface area (Å²) in [6.45, 7) is 5.49. The minimum atomic E-state index is -1.31. The van der Waals surface area contributed by atoms with E-state index < -0.39 is 29.1 Å². The molecule has 0 saturated heterocycles. The van der Waals surface area contributed by atoms with Gasteiger partial charge in [0.2, 0.25) is 5.91 Å². The van der Waals surface area contributed by atoms with Crippen molar-refractivity contribution in [1.82, 2.24) is 10.6 Å². The maximum Gasteiger partial charge on any atom is 0.407 e. The fourth-order valence-electron chi connectivity index (χ4n) is 5.59. The van der Waals surface area contributed by atoms with Gasteiger partial charge in [-0.1, -0.05) is 68.8 Å². The highest BCUT2D eigenvalue weighted by atomic mass is 16.5. The van der Waals surface area contributed by atoms with Gasteiger partial charge in [0.1, 0.15) is 12.1 Å². The summed E-state index contributed by atoms with van der Waals surface area (Å²) in [6.07, 6.45) is 1.96. The second-order valence-corrected chi connectivity index (χ2v) is 9.88. The Balaban J connectivity index is 1.43. The Kier molecular flexibility index (Phi) is 6.88. The first-order valence-corrected chi connectivity index (χ1v) is 12.4. The van der Waals surface area contributed by atoms with E-state index >= 15 is 0 Å². The molecule has 2 amide bonds. The van der Waals surface area contributed by atoms with E-state index in [2.05, 4.69) is 34.9 Å². The maximum absolute atomic E-state index is 13.3. The number of ether oxygens (including phenoxy) is 1. The minimum absolute atomic E-state index is 0.0447. The number of hydrogen-bond donors (Lipinski definition) is 3. The van der Waals surface area contributed by atoms with Gasteiger partial charge in [0, 0.05) is 12.0 Å². The highest BCUT2D eigenvalue weighted by Gasteiger charge is 2.49. The Labute approximate surface area is 206 Å². The van der Waals surface area contributed by atoms with Crippen molar-refractivity contribution >= 4 is 18.0 Å². The summed E-state index contributed by atoms with van der Waals surface area (Å²) in [7, 11) is 0. The van der Waals surface area contributed by atoms with Crippen LogP contribution in [0.5, 0.6) is 0 Å². The van der Waals surface area contributed by atoms with Crippen LogP contribution in [0, 0.1) is 5.41 Å². The number of carboxylic acid groups (broad SMARTS) is 1. The predicted octanol–water partition coefficient (Wildman–Crippen LogP) is 4.84. The van der Waals surface area contributed by atoms with Crippen LogP contribution in [0.1, 0.15) is 69.9 Å². The zero-order valence-corrected chi connectivity index (χ0v) is 20.6. The van der Waals surface area contributed by atoms with E-state index in [9.17, 15) is 19.5 Å². The summed E-state index contributed by atoms with van der Waals surface area (Å²) in [5.41, 5.74) is 2.37. The van der Waals surface area contributed by atoms with Crippen LogP contribution in [0.3, 0.4) is 0 Å². The molecule has 35 heavy (non-hydrogen) atoms. The molecule has 2 unspecified atom stereocenters. The molecule has 1 fully saturated rings. The van der Waals surface area contributed by atoms with Crippen LogP contribution in [0.15, 0.2) is 48.5 Å². The largest absolute Gasteiger partial charge is 0.480 e. The first-order chi connectivity index (χ1) is 16.8. The van der Waals surface area contributed by atoms with Crippen LogP contribution < -0.4 is 10.6 Å². The molecule has 0 radical (unpaired) electrons. The summed E-state index contributed by atoms with van der Waals surface area (Å²) in [4.78, 5) is 38.0. The van der Waals surface area contributed by atoms with Gasteiger partial charge in [-0.2, -0.15) is 0 Å². The Morgan fingerprint density at radius 3 is 2.14 bits per heavy atom. The molecular formula is C28H34N2O5. The van der Waals surface area contributed by atoms with Gasteiger partial charge in [0.25, 0.3) is 0 Å². The van der Waals surface area contributed by atoms with Crippen LogP contribution in [0.2, 0.25) is 0 Å². The molecule has 7 nitrogen and oxygen atoms in total. The van der Waals surface area contributed by atoms with Crippen LogP contribution in [0.25, 0.3) is 11.1 Å². The van der Waals surface area contributed by atoms with E-state index in [-0.39, 0.29) is 31.3 Å². The van der Waals surface area contributed by atoms with Crippen molar-refractivity contribution in [2.24, 2.45) is 5.41 Å². The maximum atomic E-state index is 13.3. The van der Waals surface area contributed by atoms with Crippen molar-refractivity contribution in [3.8, 4) is 11.1 Å². The molecule has 0 aliphatic heterocycles. The average molecular weight is 479 g/mol. The van der Waals surface area contributed by atoms with Gasteiger partial charge in [-0.25, -0.2) is 9.59 Å². The number of carboxylic acids is 1. The highest BCUT2D eigenvalue weighted by Crippen LogP contribution is 2.44. The number of benzene rings is 2. The second kappa shape index (κ2) is 9.72. The third-order valence-electron chi connectivity index (χ3n) is 8.08. The molecular weight excluding hydrogens is 444 g/mol. The monoisotopic (exact) mass is 478 g/mol. The Hall–Kier alpha value is -3.35. The van der Waals surface area contributed by atoms with Gasteiger partial charge < -0.3 is 20.5 Å². The standard InChI is InChI=1S/C28H34N2O5/c1-4-28(5-2,25(32)33)30-24(31)27(3)16-10-15-23(27)29-26(34)35-17-22-20-13-8-6-11-18(20)19-12-7-9-14-21(19)22/h6-9,11-14,22-23H,4-5,10,15-17H2,1-3H3,(H,29,34)(H,30,31)(H,32,33). The quantitative estimate of drug-likeness (QED) is 0.503. The molecule has 2 aliphatic carbocycles. The van der Waals surface area contributed by atoms with Crippen LogP contribution in [-0.2, 0) is 14.3 Å². The fourth-order valence-corrected chi connectivity index (χ4v) is 5.59. The number of aliphatic carboxylic acids is 1. The molecule has 2 atom stereocenters. The third-order valence-corrected chi connectivity index (χ3v) is 8.08. The zero-order valence-electron chi connectivity index (χ0n) is 20.6. The third kappa shape index (κ3) is 4.40. The molecule has 0 bridgehead atoms. The second-order valence-electron chi connectivity index (χ2n) is 9.88. The summed E-state index contributed by atoms with van der Waals surface area (Å²) >= 11 is 0. The van der Waals surface area contributed by atoms with Crippen molar-refractivity contribution in [2.75, 3.05) is 6.61 Å². The van der Waals surface area contributed by atoms with E-state index in [1.165, 1.54) is 0 Å². The molecule has 0 heterocycles. The highest BCUT2D eigenvalue weighted by molar-refractivity contribution is 5.91. The first kappa shape index (κ1) is 24.8. The lowest BCUT2D eigenvalue weighted by molar-refractivity contribution is -0.150. The summed E-state index contributed by atoms with van der Waals surface area (Å²) in [6, 6.07) is 15.9. The number of nitrogens with one attached hydrogen (secondary N) is 2. The molecule has 0 aromatic heterocycles. The number of rotatable bonds is 8. The molecule has 2 aliphatic rings. The molecule has 7 heteroatoms. The van der Waals surface area contributed by atoms with E-state index in [1.807, 2.05) is 24.3 Å². The molecule has 3 N–H and O–H groups in total. The number of alkyl carbamates (subject to hydrolysis) is 1. The van der Waals surface area contributed by atoms with E-state index in [4.69, 9.17) is 4.74 Å². The lowest BCUT2D eigenvalue weighted by atomic mass is 9.81. The number of carbonyl (C=O) groups excluding carboxylic acids is 2. The van der Waals surface area contributed by atoms with Gasteiger partial charge >= 0.3 is 12.1 Å². The van der Waals surface area contributed by atoms with Gasteiger partial charge in [0.15, 0.2) is 0 Å². The molecule has 2 aromatic rings. The molecule has 2 aromatic carbocycles. The molecule has 4 rings (SSSR count). The summed E-state index contributed by atoms with van der Waals surface area (Å²) < 4.78 is 5.68. The fraction of sp³-hybridized carbons (Fsp3) is 0.464. The summed E-state index contributed by atoms with van der Waals surface area (Å²) in [5.74, 6) is -1.43. The number of amides is 2. The van der Waals surface area contributed by atoms with Gasteiger partial charge in [-0.3, -0.25) is 4.79 Å². The van der Waals surface area contributed by atoms with Crippen LogP contribution in [-0.4, -0.2) is 41.3 Å². The predicted molar refractivity (Wildman–Crippen MR) is 133 cm³/mol. The first-order valence-electron chi connectivity index (χ1n) is 12.4. The lowest BCUT2D eigenvalue weighted by Crippen LogP contribution is -2.60. The van der Waals surface area contributed by atoms with Crippen LogP contribution in [0.4, 0.5) is 4.79 Å². The minimum Gasteiger partial charge on any atom is -0.480 e. The van der Waals surface area contributed by atoms with E-state index in [0.717, 1.165) is 28.7 Å². The normalized spacial score (nSPS) is 21.2. The van der Waals surface area contributed by atoms with Gasteiger partial charge in [-0.15, -0.1) is 0 Å². The number of fused-ring (bicyclic) bond motifs is 3. The molecule has 186 valence electrons. The molecule has 0 spiro atoms. The zero-order chi connectivity index (χ0) is 25.2.